The maximum Gasteiger partial charge on any atom is 0.246 e. The van der Waals surface area contributed by atoms with Gasteiger partial charge in [0.1, 0.15) is 6.61 Å². The number of hydrogen-bond acceptors (Lipinski definition) is 3. The molecule has 0 radical (unpaired) electrons. The van der Waals surface area contributed by atoms with Gasteiger partial charge in [0.15, 0.2) is 0 Å². The van der Waals surface area contributed by atoms with Crippen LogP contribution in [0.25, 0.3) is 0 Å². The minimum atomic E-state index is -0.560. The van der Waals surface area contributed by atoms with Gasteiger partial charge in [0.2, 0.25) is 5.91 Å². The lowest BCUT2D eigenvalue weighted by Gasteiger charge is -2.58. The highest BCUT2D eigenvalue weighted by molar-refractivity contribution is 5.78. The van der Waals surface area contributed by atoms with Crippen molar-refractivity contribution < 1.29 is 14.6 Å². The molecular formula is C33H57NO3. The third kappa shape index (κ3) is 6.01. The second-order valence-electron chi connectivity index (χ2n) is 14.6. The fraction of sp³-hybridized carbons (Fsp3) is 0.909. The first kappa shape index (κ1) is 29.1. The van der Waals surface area contributed by atoms with Gasteiger partial charge in [-0.3, -0.25) is 4.79 Å². The number of hydrogen-bond donors (Lipinski definition) is 2. The Bertz CT molecular complexity index is 816. The first-order chi connectivity index (χ1) is 17.5. The van der Waals surface area contributed by atoms with E-state index in [1.54, 1.807) is 5.57 Å². The van der Waals surface area contributed by atoms with E-state index >= 15 is 0 Å². The summed E-state index contributed by atoms with van der Waals surface area (Å²) in [5.74, 6) is 4.27. The van der Waals surface area contributed by atoms with E-state index in [1.807, 2.05) is 13.8 Å². The molecule has 212 valence electrons. The largest absolute Gasteiger partial charge is 0.394 e. The summed E-state index contributed by atoms with van der Waals surface area (Å²) >= 11 is 0. The standard InChI is InChI=1S/C33H57NO3/c1-7-31(4,22-35)34-30(36)21-37-26-16-18-33(6)25(20-26)12-14-27-28-15-13-24(11-9-8-10-23(2)3)32(28,5)19-17-29(27)33/h12,23-24,26-29,35H,7-11,13-22H2,1-6H3,(H,34,36)/t24-,26?,27-,28?,29?,31?,32?,33?/m0/s1. The van der Waals surface area contributed by atoms with E-state index in [4.69, 9.17) is 4.74 Å². The van der Waals surface area contributed by atoms with Gasteiger partial charge in [-0.25, -0.2) is 0 Å². The molecular weight excluding hydrogens is 458 g/mol. The highest BCUT2D eigenvalue weighted by Gasteiger charge is 2.58. The number of fused-ring (bicyclic) bond motifs is 5. The molecule has 37 heavy (non-hydrogen) atoms. The Kier molecular flexibility index (Phi) is 9.21. The quantitative estimate of drug-likeness (QED) is 0.222. The van der Waals surface area contributed by atoms with Crippen LogP contribution in [0.3, 0.4) is 0 Å². The third-order valence-electron chi connectivity index (χ3n) is 11.9. The zero-order chi connectivity index (χ0) is 26.8. The lowest BCUT2D eigenvalue weighted by atomic mass is 9.47. The smallest absolute Gasteiger partial charge is 0.246 e. The highest BCUT2D eigenvalue weighted by Crippen LogP contribution is 2.66. The van der Waals surface area contributed by atoms with Crippen molar-refractivity contribution in [2.45, 2.75) is 137 Å². The van der Waals surface area contributed by atoms with E-state index in [0.29, 0.717) is 17.3 Å². The molecule has 4 nitrogen and oxygen atoms in total. The van der Waals surface area contributed by atoms with E-state index in [9.17, 15) is 9.90 Å². The summed E-state index contributed by atoms with van der Waals surface area (Å²) in [6.45, 7) is 13.9. The molecule has 0 aliphatic heterocycles. The van der Waals surface area contributed by atoms with Crippen molar-refractivity contribution in [2.75, 3.05) is 13.2 Å². The molecule has 4 aliphatic rings. The molecule has 4 rings (SSSR count). The normalized spacial score (nSPS) is 38.8. The molecule has 0 heterocycles. The molecule has 0 bridgehead atoms. The lowest BCUT2D eigenvalue weighted by Crippen LogP contribution is -2.51. The van der Waals surface area contributed by atoms with Gasteiger partial charge in [-0.2, -0.15) is 0 Å². The monoisotopic (exact) mass is 515 g/mol. The number of rotatable bonds is 11. The lowest BCUT2D eigenvalue weighted by molar-refractivity contribution is -0.131. The number of carbonyl (C=O) groups is 1. The van der Waals surface area contributed by atoms with E-state index in [2.05, 4.69) is 39.1 Å². The molecule has 0 saturated heterocycles. The van der Waals surface area contributed by atoms with E-state index in [-0.39, 0.29) is 25.2 Å². The molecule has 0 aromatic rings. The van der Waals surface area contributed by atoms with Crippen LogP contribution in [-0.4, -0.2) is 35.9 Å². The number of unbranched alkanes of at least 4 members (excludes halogenated alkanes) is 1. The fourth-order valence-electron chi connectivity index (χ4n) is 9.10. The van der Waals surface area contributed by atoms with Gasteiger partial charge in [-0.15, -0.1) is 0 Å². The van der Waals surface area contributed by atoms with Crippen molar-refractivity contribution in [1.29, 1.82) is 0 Å². The molecule has 4 aliphatic carbocycles. The predicted octanol–water partition coefficient (Wildman–Crippen LogP) is 7.44. The average Bonchev–Trinajstić information content (AvgIpc) is 3.21. The Labute approximate surface area is 227 Å². The first-order valence-electron chi connectivity index (χ1n) is 15.8. The summed E-state index contributed by atoms with van der Waals surface area (Å²) in [6, 6.07) is 0. The number of amides is 1. The minimum absolute atomic E-state index is 0.0502. The average molecular weight is 516 g/mol. The zero-order valence-corrected chi connectivity index (χ0v) is 24.9. The summed E-state index contributed by atoms with van der Waals surface area (Å²) in [6.07, 6.45) is 19.4. The van der Waals surface area contributed by atoms with Crippen LogP contribution in [0.4, 0.5) is 0 Å². The minimum Gasteiger partial charge on any atom is -0.394 e. The van der Waals surface area contributed by atoms with Crippen molar-refractivity contribution in [1.82, 2.24) is 5.32 Å². The van der Waals surface area contributed by atoms with Crippen LogP contribution in [0.2, 0.25) is 0 Å². The molecule has 4 heteroatoms. The third-order valence-corrected chi connectivity index (χ3v) is 11.9. The van der Waals surface area contributed by atoms with Crippen LogP contribution in [-0.2, 0) is 9.53 Å². The van der Waals surface area contributed by atoms with Gasteiger partial charge in [0.05, 0.1) is 18.2 Å². The summed E-state index contributed by atoms with van der Waals surface area (Å²) in [7, 11) is 0. The van der Waals surface area contributed by atoms with Gasteiger partial charge >= 0.3 is 0 Å². The number of ether oxygens (including phenoxy) is 1. The van der Waals surface area contributed by atoms with Gasteiger partial charge < -0.3 is 15.2 Å². The molecule has 1 amide bonds. The highest BCUT2D eigenvalue weighted by atomic mass is 16.5. The van der Waals surface area contributed by atoms with Crippen LogP contribution in [0.1, 0.15) is 125 Å². The van der Waals surface area contributed by atoms with Crippen molar-refractivity contribution in [3.05, 3.63) is 11.6 Å². The zero-order valence-electron chi connectivity index (χ0n) is 24.9. The van der Waals surface area contributed by atoms with Crippen LogP contribution < -0.4 is 5.32 Å². The van der Waals surface area contributed by atoms with E-state index in [1.165, 1.54) is 64.2 Å². The van der Waals surface area contributed by atoms with Crippen LogP contribution in [0, 0.1) is 40.4 Å². The summed E-state index contributed by atoms with van der Waals surface area (Å²) in [5.41, 5.74) is 1.94. The van der Waals surface area contributed by atoms with Crippen molar-refractivity contribution in [3.8, 4) is 0 Å². The van der Waals surface area contributed by atoms with Crippen molar-refractivity contribution >= 4 is 5.91 Å². The number of nitrogens with one attached hydrogen (secondary N) is 1. The number of allylic oxidation sites excluding steroid dienone is 1. The molecule has 2 N–H and O–H groups in total. The molecule has 0 aromatic carbocycles. The number of aliphatic hydroxyl groups excluding tert-OH is 1. The summed E-state index contributed by atoms with van der Waals surface area (Å²) in [4.78, 5) is 12.5. The predicted molar refractivity (Wildman–Crippen MR) is 152 cm³/mol. The Balaban J connectivity index is 1.34. The van der Waals surface area contributed by atoms with Crippen molar-refractivity contribution in [2.24, 2.45) is 40.4 Å². The van der Waals surface area contributed by atoms with Gasteiger partial charge in [-0.1, -0.05) is 65.5 Å². The van der Waals surface area contributed by atoms with Crippen molar-refractivity contribution in [3.63, 3.8) is 0 Å². The summed E-state index contributed by atoms with van der Waals surface area (Å²) < 4.78 is 6.14. The Morgan fingerprint density at radius 1 is 1.16 bits per heavy atom. The van der Waals surface area contributed by atoms with Crippen LogP contribution >= 0.6 is 0 Å². The molecule has 3 saturated carbocycles. The molecule has 0 aromatic heterocycles. The van der Waals surface area contributed by atoms with Gasteiger partial charge in [0, 0.05) is 0 Å². The van der Waals surface area contributed by atoms with Gasteiger partial charge in [-0.05, 0) is 112 Å². The topological polar surface area (TPSA) is 58.6 Å². The number of aliphatic hydroxyl groups is 1. The first-order valence-corrected chi connectivity index (χ1v) is 15.8. The van der Waals surface area contributed by atoms with Crippen LogP contribution in [0.15, 0.2) is 11.6 Å². The van der Waals surface area contributed by atoms with E-state index in [0.717, 1.165) is 42.4 Å². The summed E-state index contributed by atoms with van der Waals surface area (Å²) in [5, 5.41) is 12.5. The fourth-order valence-corrected chi connectivity index (χ4v) is 9.10. The Hall–Kier alpha value is -0.870. The van der Waals surface area contributed by atoms with Gasteiger partial charge in [0.25, 0.3) is 0 Å². The molecule has 3 fully saturated rings. The maximum atomic E-state index is 12.5. The number of carbonyl (C=O) groups excluding carboxylic acids is 1. The second-order valence-corrected chi connectivity index (χ2v) is 14.6. The van der Waals surface area contributed by atoms with E-state index < -0.39 is 5.54 Å². The molecule has 6 unspecified atom stereocenters. The maximum absolute atomic E-state index is 12.5. The van der Waals surface area contributed by atoms with Crippen LogP contribution in [0.5, 0.6) is 0 Å². The molecule has 0 spiro atoms. The second kappa shape index (κ2) is 11.7. The Morgan fingerprint density at radius 3 is 2.65 bits per heavy atom. The Morgan fingerprint density at radius 2 is 1.95 bits per heavy atom. The molecule has 8 atom stereocenters. The SMILES string of the molecule is CCC(C)(CO)NC(=O)COC1CCC2(C)C(=CC[C@@H]3C2CCC2(C)C3CC[C@@H]2CCCCC(C)C)C1.